The van der Waals surface area contributed by atoms with Crippen molar-refractivity contribution < 1.29 is 19.1 Å². The van der Waals surface area contributed by atoms with Crippen molar-refractivity contribution in [1.82, 2.24) is 10.5 Å². The second-order valence-corrected chi connectivity index (χ2v) is 7.69. The lowest BCUT2D eigenvalue weighted by atomic mass is 9.77. The van der Waals surface area contributed by atoms with E-state index in [-0.39, 0.29) is 11.6 Å². The zero-order valence-corrected chi connectivity index (χ0v) is 16.4. The Hall–Kier alpha value is -2.61. The molecule has 0 saturated carbocycles. The molecular weight excluding hydrogens is 371 g/mol. The van der Waals surface area contributed by atoms with Gasteiger partial charge in [-0.25, -0.2) is 14.7 Å². The molecule has 1 aromatic heterocycles. The molecule has 3 aromatic rings. The number of carbonyl (C=O) groups is 1. The zero-order chi connectivity index (χ0) is 20.8. The van der Waals surface area contributed by atoms with E-state index in [0.29, 0.717) is 45.4 Å². The fourth-order valence-electron chi connectivity index (χ4n) is 4.03. The third kappa shape index (κ3) is 3.35. The van der Waals surface area contributed by atoms with Crippen molar-refractivity contribution in [2.24, 2.45) is 5.73 Å². The number of H-pyrrole nitrogens is 1. The number of nitrogens with two attached hydrogens (primary N) is 1. The van der Waals surface area contributed by atoms with Gasteiger partial charge in [-0.3, -0.25) is 4.79 Å². The third-order valence-electron chi connectivity index (χ3n) is 5.54. The molecule has 0 spiro atoms. The van der Waals surface area contributed by atoms with Crippen LogP contribution in [0.2, 0.25) is 0 Å². The molecule has 2 atom stereocenters. The Balaban J connectivity index is 1.87. The van der Waals surface area contributed by atoms with Gasteiger partial charge in [-0.15, -0.1) is 0 Å². The van der Waals surface area contributed by atoms with Gasteiger partial charge in [0, 0.05) is 22.0 Å². The smallest absolute Gasteiger partial charge is 0.275 e. The summed E-state index contributed by atoms with van der Waals surface area (Å²) in [5, 5.41) is 11.5. The number of aliphatic hydroxyl groups is 1. The van der Waals surface area contributed by atoms with E-state index >= 15 is 0 Å². The molecule has 0 bridgehead atoms. The van der Waals surface area contributed by atoms with Gasteiger partial charge in [0.25, 0.3) is 5.91 Å². The van der Waals surface area contributed by atoms with Crippen LogP contribution in [0.3, 0.4) is 0 Å². The Kier molecular flexibility index (Phi) is 4.98. The molecule has 29 heavy (non-hydrogen) atoms. The number of aromatic amines is 1. The van der Waals surface area contributed by atoms with Crippen LogP contribution in [0, 0.1) is 5.82 Å². The number of hydrogen-bond acceptors (Lipinski definition) is 4. The van der Waals surface area contributed by atoms with E-state index in [4.69, 9.17) is 10.6 Å². The molecule has 2 aromatic carbocycles. The van der Waals surface area contributed by atoms with Crippen molar-refractivity contribution in [3.63, 3.8) is 0 Å². The number of halogens is 1. The summed E-state index contributed by atoms with van der Waals surface area (Å²) in [5.41, 5.74) is 9.18. The van der Waals surface area contributed by atoms with E-state index in [1.54, 1.807) is 24.3 Å². The van der Waals surface area contributed by atoms with Gasteiger partial charge in [-0.2, -0.15) is 0 Å². The second-order valence-electron chi connectivity index (χ2n) is 7.69. The van der Waals surface area contributed by atoms with Crippen LogP contribution in [0.5, 0.6) is 0 Å². The average Bonchev–Trinajstić information content (AvgIpc) is 3.06. The molecule has 4 rings (SSSR count). The Labute approximate surface area is 169 Å². The van der Waals surface area contributed by atoms with Crippen LogP contribution in [0.25, 0.3) is 22.2 Å². The topological polar surface area (TPSA) is 100 Å². The van der Waals surface area contributed by atoms with Gasteiger partial charge in [0.05, 0.1) is 11.3 Å². The summed E-state index contributed by atoms with van der Waals surface area (Å²) in [6.45, 7) is 0.576. The van der Waals surface area contributed by atoms with Crippen LogP contribution in [-0.2, 0) is 10.5 Å². The molecule has 2 heterocycles. The van der Waals surface area contributed by atoms with Crippen molar-refractivity contribution in [3.8, 4) is 11.3 Å². The number of amides is 1. The fourth-order valence-corrected chi connectivity index (χ4v) is 4.03. The maximum atomic E-state index is 14.9. The van der Waals surface area contributed by atoms with E-state index in [2.05, 4.69) is 10.5 Å². The van der Waals surface area contributed by atoms with Gasteiger partial charge >= 0.3 is 0 Å². The molecular formula is C20H22B2FN3O3. The number of nitrogens with one attached hydrogen (secondary N) is 2. The van der Waals surface area contributed by atoms with Gasteiger partial charge in [0.1, 0.15) is 13.7 Å². The largest absolute Gasteiger partial charge is 0.368 e. The molecule has 6 nitrogen and oxygen atoms in total. The minimum absolute atomic E-state index is 0.0525. The van der Waals surface area contributed by atoms with E-state index in [0.717, 1.165) is 12.8 Å². The Morgan fingerprint density at radius 1 is 1.31 bits per heavy atom. The van der Waals surface area contributed by atoms with E-state index in [1.807, 2.05) is 13.9 Å². The van der Waals surface area contributed by atoms with Gasteiger partial charge in [-0.05, 0) is 42.5 Å². The molecule has 0 saturated heterocycles. The van der Waals surface area contributed by atoms with Crippen molar-refractivity contribution >= 4 is 32.5 Å². The molecule has 0 radical (unpaired) electrons. The SMILES string of the molecule is BC(CCCN)c1ccc(-c2[nH]c3cccc4c3c2C(B)(O)ONC4=O)cc1F. The number of hydroxylamine groups is 1. The molecule has 1 aliphatic heterocycles. The number of rotatable bonds is 5. The third-order valence-corrected chi connectivity index (χ3v) is 5.54. The Morgan fingerprint density at radius 3 is 2.83 bits per heavy atom. The van der Waals surface area contributed by atoms with Crippen molar-refractivity contribution in [1.29, 1.82) is 0 Å². The first-order chi connectivity index (χ1) is 13.8. The lowest BCUT2D eigenvalue weighted by molar-refractivity contribution is -0.174. The summed E-state index contributed by atoms with van der Waals surface area (Å²) in [6.07, 6.45) is 1.64. The summed E-state index contributed by atoms with van der Waals surface area (Å²) >= 11 is 0. The first-order valence-electron chi connectivity index (χ1n) is 9.69. The van der Waals surface area contributed by atoms with Crippen LogP contribution >= 0.6 is 0 Å². The summed E-state index contributed by atoms with van der Waals surface area (Å²) in [4.78, 5) is 20.8. The summed E-state index contributed by atoms with van der Waals surface area (Å²) in [6, 6.07) is 10.2. The predicted molar refractivity (Wildman–Crippen MR) is 114 cm³/mol. The molecule has 1 amide bonds. The molecule has 5 N–H and O–H groups in total. The van der Waals surface area contributed by atoms with Crippen molar-refractivity contribution in [2.75, 3.05) is 6.54 Å². The van der Waals surface area contributed by atoms with Gasteiger partial charge in [0.2, 0.25) is 0 Å². The summed E-state index contributed by atoms with van der Waals surface area (Å²) < 4.78 is 14.9. The maximum absolute atomic E-state index is 14.9. The van der Waals surface area contributed by atoms with E-state index in [1.165, 1.54) is 13.9 Å². The van der Waals surface area contributed by atoms with Crippen LogP contribution in [0.4, 0.5) is 4.39 Å². The number of benzene rings is 2. The first-order valence-corrected chi connectivity index (χ1v) is 9.69. The Bertz CT molecular complexity index is 1100. The maximum Gasteiger partial charge on any atom is 0.275 e. The highest BCUT2D eigenvalue weighted by Crippen LogP contribution is 2.40. The Morgan fingerprint density at radius 2 is 2.10 bits per heavy atom. The first kappa shape index (κ1) is 19.7. The molecule has 9 heteroatoms. The van der Waals surface area contributed by atoms with Gasteiger partial charge in [0.15, 0.2) is 13.5 Å². The highest BCUT2D eigenvalue weighted by atomic mass is 19.1. The number of hydrogen-bond donors (Lipinski definition) is 4. The van der Waals surface area contributed by atoms with Gasteiger partial charge in [-0.1, -0.05) is 24.6 Å². The van der Waals surface area contributed by atoms with Crippen LogP contribution < -0.4 is 11.2 Å². The molecule has 1 aliphatic rings. The fraction of sp³-hybridized carbons (Fsp3) is 0.250. The minimum Gasteiger partial charge on any atom is -0.368 e. The zero-order valence-electron chi connectivity index (χ0n) is 16.4. The molecule has 2 unspecified atom stereocenters. The number of carbonyl (C=O) groups excluding carboxylic acids is 1. The van der Waals surface area contributed by atoms with Gasteiger partial charge < -0.3 is 15.8 Å². The second kappa shape index (κ2) is 7.33. The summed E-state index contributed by atoms with van der Waals surface area (Å²) in [5.74, 6) is -0.714. The van der Waals surface area contributed by atoms with E-state index in [9.17, 15) is 14.3 Å². The average molecular weight is 393 g/mol. The molecule has 0 aliphatic carbocycles. The predicted octanol–water partition coefficient (Wildman–Crippen LogP) is 0.798. The quantitative estimate of drug-likeness (QED) is 0.482. The lowest BCUT2D eigenvalue weighted by Gasteiger charge is -2.23. The van der Waals surface area contributed by atoms with Crippen LogP contribution in [0.15, 0.2) is 36.4 Å². The lowest BCUT2D eigenvalue weighted by Crippen LogP contribution is -2.36. The van der Waals surface area contributed by atoms with Crippen molar-refractivity contribution in [3.05, 3.63) is 58.9 Å². The summed E-state index contributed by atoms with van der Waals surface area (Å²) in [7, 11) is 3.42. The standard InChI is InChI=1S/C20H22B2FN3O3/c21-13(4-2-8-24)11-7-6-10(9-14(11)23)18-17-16-12(3-1-5-15(16)25-18)19(27)26-29-20(17,22)28/h1,3,5-7,9,13,25,28H,2,4,8,21-22,24H2,(H,26,27). The monoisotopic (exact) mass is 393 g/mol. The number of aromatic nitrogens is 1. The van der Waals surface area contributed by atoms with E-state index < -0.39 is 11.6 Å². The molecule has 0 fully saturated rings. The van der Waals surface area contributed by atoms with Crippen LogP contribution in [-0.4, -0.2) is 38.2 Å². The highest BCUT2D eigenvalue weighted by Gasteiger charge is 2.37. The molecule has 148 valence electrons. The normalized spacial score (nSPS) is 19.8. The van der Waals surface area contributed by atoms with Crippen molar-refractivity contribution in [2.45, 2.75) is 24.3 Å². The minimum atomic E-state index is -1.79. The highest BCUT2D eigenvalue weighted by molar-refractivity contribution is 6.19. The van der Waals surface area contributed by atoms with Crippen LogP contribution in [0.1, 0.15) is 40.1 Å².